The van der Waals surface area contributed by atoms with Crippen LogP contribution in [0.15, 0.2) is 36.4 Å². The van der Waals surface area contributed by atoms with Crippen molar-refractivity contribution >= 4 is 10.9 Å². The second-order valence-electron chi connectivity index (χ2n) is 12.2. The molecule has 4 heteroatoms. The minimum absolute atomic E-state index is 0.340. The van der Waals surface area contributed by atoms with Crippen molar-refractivity contribution in [1.82, 2.24) is 9.47 Å². The van der Waals surface area contributed by atoms with E-state index in [1.165, 1.54) is 79.1 Å². The van der Waals surface area contributed by atoms with Crippen molar-refractivity contribution in [2.75, 3.05) is 19.7 Å². The van der Waals surface area contributed by atoms with Crippen LogP contribution >= 0.6 is 0 Å². The molecule has 3 aromatic rings. The van der Waals surface area contributed by atoms with E-state index in [0.717, 1.165) is 24.8 Å². The Labute approximate surface area is 222 Å². The Hall–Kier alpha value is -2.30. The monoisotopic (exact) mass is 500 g/mol. The first-order valence-corrected chi connectivity index (χ1v) is 14.8. The average molecular weight is 501 g/mol. The summed E-state index contributed by atoms with van der Waals surface area (Å²) in [5.74, 6) is 2.07. The SMILES string of the molecule is Cc1ccc(C(C)C)c(OC[C@@H](O)CN2CCn3c4c(c5cc(C6CCCCC6)ccc53)CCC[C@H]42)c1. The van der Waals surface area contributed by atoms with Gasteiger partial charge in [0.05, 0.1) is 6.04 Å². The maximum Gasteiger partial charge on any atom is 0.123 e. The summed E-state index contributed by atoms with van der Waals surface area (Å²) in [6.45, 7) is 9.49. The topological polar surface area (TPSA) is 37.6 Å². The van der Waals surface area contributed by atoms with E-state index in [2.05, 4.69) is 66.6 Å². The maximum absolute atomic E-state index is 11.1. The molecule has 1 aromatic heterocycles. The highest BCUT2D eigenvalue weighted by atomic mass is 16.5. The van der Waals surface area contributed by atoms with Crippen LogP contribution in [-0.4, -0.2) is 40.4 Å². The Kier molecular flexibility index (Phi) is 7.07. The fourth-order valence-corrected chi connectivity index (χ4v) is 7.36. The molecule has 0 saturated heterocycles. The quantitative estimate of drug-likeness (QED) is 0.371. The van der Waals surface area contributed by atoms with Crippen molar-refractivity contribution < 1.29 is 9.84 Å². The van der Waals surface area contributed by atoms with Crippen LogP contribution in [0.25, 0.3) is 10.9 Å². The summed E-state index contributed by atoms with van der Waals surface area (Å²) in [5.41, 5.74) is 8.52. The minimum Gasteiger partial charge on any atom is -0.491 e. The highest BCUT2D eigenvalue weighted by molar-refractivity contribution is 5.87. The lowest BCUT2D eigenvalue weighted by Gasteiger charge is -2.40. The van der Waals surface area contributed by atoms with Crippen molar-refractivity contribution in [3.05, 3.63) is 64.3 Å². The van der Waals surface area contributed by atoms with E-state index in [4.69, 9.17) is 4.74 Å². The summed E-state index contributed by atoms with van der Waals surface area (Å²) in [4.78, 5) is 2.53. The zero-order chi connectivity index (χ0) is 25.5. The molecule has 1 aliphatic heterocycles. The Morgan fingerprint density at radius 2 is 1.81 bits per heavy atom. The van der Waals surface area contributed by atoms with Gasteiger partial charge >= 0.3 is 0 Å². The number of aryl methyl sites for hydroxylation is 2. The van der Waals surface area contributed by atoms with Crippen molar-refractivity contribution in [3.8, 4) is 5.75 Å². The van der Waals surface area contributed by atoms with Crippen molar-refractivity contribution in [3.63, 3.8) is 0 Å². The fraction of sp³-hybridized carbons (Fsp3) is 0.576. The number of fused-ring (bicyclic) bond motifs is 3. The van der Waals surface area contributed by atoms with E-state index >= 15 is 0 Å². The van der Waals surface area contributed by atoms with Gasteiger partial charge in [0.15, 0.2) is 0 Å². The molecule has 3 aliphatic rings. The lowest BCUT2D eigenvalue weighted by atomic mass is 9.83. The first-order chi connectivity index (χ1) is 18.0. The molecule has 0 bridgehead atoms. The van der Waals surface area contributed by atoms with E-state index < -0.39 is 6.10 Å². The predicted octanol–water partition coefficient (Wildman–Crippen LogP) is 7.25. The molecular weight excluding hydrogens is 456 g/mol. The van der Waals surface area contributed by atoms with Gasteiger partial charge in [0.25, 0.3) is 0 Å². The number of benzene rings is 2. The molecule has 1 fully saturated rings. The molecule has 2 atom stereocenters. The van der Waals surface area contributed by atoms with Crippen LogP contribution in [-0.2, 0) is 13.0 Å². The lowest BCUT2D eigenvalue weighted by Crippen LogP contribution is -2.44. The van der Waals surface area contributed by atoms with Crippen molar-refractivity contribution in [2.45, 2.75) is 103 Å². The zero-order valence-corrected chi connectivity index (χ0v) is 23.0. The summed E-state index contributed by atoms with van der Waals surface area (Å²) in [7, 11) is 0. The molecule has 0 amide bonds. The smallest absolute Gasteiger partial charge is 0.123 e. The van der Waals surface area contributed by atoms with Gasteiger partial charge in [-0.2, -0.15) is 0 Å². The molecule has 1 N–H and O–H groups in total. The normalized spacial score (nSPS) is 21.4. The molecular formula is C33H44N2O2. The van der Waals surface area contributed by atoms with E-state index in [9.17, 15) is 5.11 Å². The highest BCUT2D eigenvalue weighted by Crippen LogP contribution is 2.44. The molecule has 2 aromatic carbocycles. The number of β-amino-alcohol motifs (C(OH)–C–C–N with tert-alkyl or cyclic N) is 1. The highest BCUT2D eigenvalue weighted by Gasteiger charge is 2.35. The summed E-state index contributed by atoms with van der Waals surface area (Å²) in [6, 6.07) is 14.2. The van der Waals surface area contributed by atoms with Crippen LogP contribution in [0.4, 0.5) is 0 Å². The Morgan fingerprint density at radius 3 is 2.62 bits per heavy atom. The number of aromatic nitrogens is 1. The van der Waals surface area contributed by atoms with Gasteiger partial charge in [-0.3, -0.25) is 4.90 Å². The van der Waals surface area contributed by atoms with Gasteiger partial charge in [-0.1, -0.05) is 51.3 Å². The number of hydrogen-bond donors (Lipinski definition) is 1. The van der Waals surface area contributed by atoms with Crippen molar-refractivity contribution in [2.24, 2.45) is 0 Å². The van der Waals surface area contributed by atoms with E-state index in [1.54, 1.807) is 11.1 Å². The molecule has 2 heterocycles. The third kappa shape index (κ3) is 4.83. The van der Waals surface area contributed by atoms with Crippen LogP contribution in [0.2, 0.25) is 0 Å². The van der Waals surface area contributed by atoms with E-state index in [-0.39, 0.29) is 0 Å². The fourth-order valence-electron chi connectivity index (χ4n) is 7.36. The largest absolute Gasteiger partial charge is 0.491 e. The number of rotatable bonds is 7. The first kappa shape index (κ1) is 25.0. The zero-order valence-electron chi connectivity index (χ0n) is 23.0. The minimum atomic E-state index is -0.500. The lowest BCUT2D eigenvalue weighted by molar-refractivity contribution is 0.0372. The van der Waals surface area contributed by atoms with Crippen LogP contribution in [0, 0.1) is 6.92 Å². The Bertz CT molecular complexity index is 1250. The summed E-state index contributed by atoms with van der Waals surface area (Å²) >= 11 is 0. The van der Waals surface area contributed by atoms with Gasteiger partial charge in [0.1, 0.15) is 18.5 Å². The molecule has 0 spiro atoms. The average Bonchev–Trinajstić information content (AvgIpc) is 3.23. The van der Waals surface area contributed by atoms with Gasteiger partial charge in [-0.15, -0.1) is 0 Å². The third-order valence-corrected chi connectivity index (χ3v) is 9.25. The predicted molar refractivity (Wildman–Crippen MR) is 152 cm³/mol. The molecule has 198 valence electrons. The first-order valence-electron chi connectivity index (χ1n) is 14.8. The number of nitrogens with zero attached hydrogens (tertiary/aromatic N) is 2. The van der Waals surface area contributed by atoms with Crippen LogP contribution < -0.4 is 4.74 Å². The molecule has 1 saturated carbocycles. The molecule has 0 unspecified atom stereocenters. The Balaban J connectivity index is 1.20. The van der Waals surface area contributed by atoms with E-state index in [1.807, 2.05) is 0 Å². The molecule has 2 aliphatic carbocycles. The van der Waals surface area contributed by atoms with Crippen LogP contribution in [0.3, 0.4) is 0 Å². The number of ether oxygens (including phenoxy) is 1. The number of aliphatic hydroxyl groups is 1. The van der Waals surface area contributed by atoms with Gasteiger partial charge in [0, 0.05) is 36.2 Å². The Morgan fingerprint density at radius 1 is 0.973 bits per heavy atom. The third-order valence-electron chi connectivity index (χ3n) is 9.25. The van der Waals surface area contributed by atoms with Gasteiger partial charge in [0.2, 0.25) is 0 Å². The summed E-state index contributed by atoms with van der Waals surface area (Å²) in [6.07, 6.45) is 9.98. The number of aliphatic hydroxyl groups excluding tert-OH is 1. The van der Waals surface area contributed by atoms with Gasteiger partial charge in [-0.25, -0.2) is 0 Å². The van der Waals surface area contributed by atoms with Crippen LogP contribution in [0.1, 0.15) is 105 Å². The molecule has 6 rings (SSSR count). The maximum atomic E-state index is 11.1. The van der Waals surface area contributed by atoms with Gasteiger partial charge in [-0.05, 0) is 91.3 Å². The van der Waals surface area contributed by atoms with Gasteiger partial charge < -0.3 is 14.4 Å². The summed E-state index contributed by atoms with van der Waals surface area (Å²) in [5, 5.41) is 12.6. The molecule has 0 radical (unpaired) electrons. The molecule has 4 nitrogen and oxygen atoms in total. The number of hydrogen-bond acceptors (Lipinski definition) is 3. The summed E-state index contributed by atoms with van der Waals surface area (Å²) < 4.78 is 8.81. The second kappa shape index (κ2) is 10.5. The van der Waals surface area contributed by atoms with Crippen LogP contribution in [0.5, 0.6) is 5.75 Å². The standard InChI is InChI=1S/C33H44N2O2/c1-22(2)27-14-12-23(3)18-32(27)37-21-26(36)20-34-16-17-35-30-15-13-25(24-8-5-4-6-9-24)19-29(30)28-10-7-11-31(34)33(28)35/h12-15,18-19,22,24,26,31,36H,4-11,16-17,20-21H2,1-3H3/t26-,31+/m0/s1. The second-order valence-corrected chi connectivity index (χ2v) is 12.2. The van der Waals surface area contributed by atoms with Crippen molar-refractivity contribution in [1.29, 1.82) is 0 Å². The van der Waals surface area contributed by atoms with E-state index in [0.29, 0.717) is 25.1 Å². The molecule has 37 heavy (non-hydrogen) atoms.